The lowest BCUT2D eigenvalue weighted by Crippen LogP contribution is -2.11. The third-order valence-electron chi connectivity index (χ3n) is 3.82. The molecule has 0 amide bonds. The third-order valence-corrected chi connectivity index (χ3v) is 4.10. The van der Waals surface area contributed by atoms with Gasteiger partial charge in [-0.3, -0.25) is 0 Å². The summed E-state index contributed by atoms with van der Waals surface area (Å²) in [5, 5.41) is 9.82. The number of allylic oxidation sites excluding steroid dienone is 1. The van der Waals surface area contributed by atoms with E-state index in [9.17, 15) is 9.65 Å². The maximum Gasteiger partial charge on any atom is 0.180 e. The van der Waals surface area contributed by atoms with E-state index in [2.05, 4.69) is 0 Å². The molecule has 0 aliphatic rings. The highest BCUT2D eigenvalue weighted by molar-refractivity contribution is 6.32. The van der Waals surface area contributed by atoms with Crippen LogP contribution in [0.3, 0.4) is 0 Å². The molecular formula is C21H21ClFNO2. The lowest BCUT2D eigenvalue weighted by Gasteiger charge is -2.18. The molecule has 0 saturated heterocycles. The van der Waals surface area contributed by atoms with Crippen LogP contribution in [0.4, 0.5) is 4.39 Å². The predicted octanol–water partition coefficient (Wildman–Crippen LogP) is 6.12. The largest absolute Gasteiger partial charge is 0.490 e. The Labute approximate surface area is 158 Å². The highest BCUT2D eigenvalue weighted by Crippen LogP contribution is 2.38. The van der Waals surface area contributed by atoms with Gasteiger partial charge < -0.3 is 9.47 Å². The molecule has 136 valence electrons. The van der Waals surface area contributed by atoms with Crippen molar-refractivity contribution in [2.75, 3.05) is 6.61 Å². The molecule has 0 aliphatic carbocycles. The van der Waals surface area contributed by atoms with Gasteiger partial charge in [-0.25, -0.2) is 4.39 Å². The summed E-state index contributed by atoms with van der Waals surface area (Å²) in [6.07, 6.45) is 2.40. The Bertz CT molecular complexity index is 842. The Balaban J connectivity index is 2.49. The lowest BCUT2D eigenvalue weighted by molar-refractivity contribution is 0.203. The summed E-state index contributed by atoms with van der Waals surface area (Å²) in [6, 6.07) is 11.6. The topological polar surface area (TPSA) is 42.2 Å². The van der Waals surface area contributed by atoms with Crippen LogP contribution in [0.25, 0.3) is 11.6 Å². The second-order valence-electron chi connectivity index (χ2n) is 5.75. The van der Waals surface area contributed by atoms with Gasteiger partial charge in [0.2, 0.25) is 0 Å². The van der Waals surface area contributed by atoms with E-state index in [4.69, 9.17) is 21.1 Å². The fraction of sp³-hybridized carbons (Fsp3) is 0.286. The van der Waals surface area contributed by atoms with Crippen LogP contribution in [-0.2, 0) is 0 Å². The molecule has 0 radical (unpaired) electrons. The minimum absolute atomic E-state index is 0.0128. The monoisotopic (exact) mass is 373 g/mol. The van der Waals surface area contributed by atoms with E-state index in [-0.39, 0.29) is 17.2 Å². The number of hydrogen-bond donors (Lipinski definition) is 0. The molecule has 0 heterocycles. The molecule has 0 fully saturated rings. The highest BCUT2D eigenvalue weighted by atomic mass is 35.5. The van der Waals surface area contributed by atoms with E-state index in [0.29, 0.717) is 28.7 Å². The normalized spacial score (nSPS) is 12.4. The summed E-state index contributed by atoms with van der Waals surface area (Å²) >= 11 is 6.38. The maximum absolute atomic E-state index is 14.0. The molecule has 1 atom stereocenters. The van der Waals surface area contributed by atoms with Crippen molar-refractivity contribution in [1.82, 2.24) is 0 Å². The van der Waals surface area contributed by atoms with Crippen LogP contribution >= 0.6 is 11.6 Å². The van der Waals surface area contributed by atoms with Crippen molar-refractivity contribution in [3.8, 4) is 17.6 Å². The average molecular weight is 374 g/mol. The number of ether oxygens (including phenoxy) is 2. The minimum atomic E-state index is -0.451. The Kier molecular flexibility index (Phi) is 7.06. The SMILES string of the molecule is CCOc1cc(/C=C(/C#N)c2ccccc2F)cc(Cl)c1O[C@@H](C)CC. The van der Waals surface area contributed by atoms with E-state index in [1.165, 1.54) is 6.07 Å². The Morgan fingerprint density at radius 3 is 2.65 bits per heavy atom. The van der Waals surface area contributed by atoms with Crippen molar-refractivity contribution in [3.05, 3.63) is 58.4 Å². The number of halogens is 2. The zero-order valence-corrected chi connectivity index (χ0v) is 15.8. The molecule has 0 N–H and O–H groups in total. The first-order chi connectivity index (χ1) is 12.5. The summed E-state index contributed by atoms with van der Waals surface area (Å²) in [4.78, 5) is 0. The smallest absolute Gasteiger partial charge is 0.180 e. The summed E-state index contributed by atoms with van der Waals surface area (Å²) in [7, 11) is 0. The predicted molar refractivity (Wildman–Crippen MR) is 103 cm³/mol. The van der Waals surface area contributed by atoms with Gasteiger partial charge in [-0.1, -0.05) is 36.7 Å². The summed E-state index contributed by atoms with van der Waals surface area (Å²) in [5.74, 6) is 0.523. The zero-order valence-electron chi connectivity index (χ0n) is 15.1. The van der Waals surface area contributed by atoms with Crippen LogP contribution in [0, 0.1) is 17.1 Å². The molecule has 26 heavy (non-hydrogen) atoms. The molecule has 0 saturated carbocycles. The van der Waals surface area contributed by atoms with Gasteiger partial charge in [-0.05, 0) is 50.1 Å². The first kappa shape index (κ1) is 19.8. The van der Waals surface area contributed by atoms with Crippen LogP contribution < -0.4 is 9.47 Å². The molecule has 3 nitrogen and oxygen atoms in total. The Hall–Kier alpha value is -2.51. The lowest BCUT2D eigenvalue weighted by atomic mass is 10.0. The van der Waals surface area contributed by atoms with Crippen molar-refractivity contribution < 1.29 is 13.9 Å². The number of nitrogens with zero attached hydrogens (tertiary/aromatic N) is 1. The van der Waals surface area contributed by atoms with Gasteiger partial charge in [0, 0.05) is 5.56 Å². The van der Waals surface area contributed by atoms with Gasteiger partial charge in [0.15, 0.2) is 11.5 Å². The summed E-state index contributed by atoms with van der Waals surface area (Å²) in [6.45, 7) is 6.28. The molecule has 0 aliphatic heterocycles. The van der Waals surface area contributed by atoms with Gasteiger partial charge in [0.1, 0.15) is 5.82 Å². The number of hydrogen-bond acceptors (Lipinski definition) is 3. The fourth-order valence-corrected chi connectivity index (χ4v) is 2.61. The minimum Gasteiger partial charge on any atom is -0.490 e. The number of benzene rings is 2. The van der Waals surface area contributed by atoms with Gasteiger partial charge in [0.05, 0.1) is 29.4 Å². The van der Waals surface area contributed by atoms with Crippen LogP contribution in [0.15, 0.2) is 36.4 Å². The van der Waals surface area contributed by atoms with E-state index in [1.807, 2.05) is 26.8 Å². The molecule has 0 unspecified atom stereocenters. The van der Waals surface area contributed by atoms with Gasteiger partial charge in [-0.2, -0.15) is 5.26 Å². The average Bonchev–Trinajstić information content (AvgIpc) is 2.63. The molecule has 0 spiro atoms. The van der Waals surface area contributed by atoms with E-state index in [0.717, 1.165) is 6.42 Å². The van der Waals surface area contributed by atoms with Gasteiger partial charge >= 0.3 is 0 Å². The van der Waals surface area contributed by atoms with Crippen LogP contribution in [0.1, 0.15) is 38.3 Å². The molecule has 2 aromatic carbocycles. The molecular weight excluding hydrogens is 353 g/mol. The quantitative estimate of drug-likeness (QED) is 0.433. The van der Waals surface area contributed by atoms with Gasteiger partial charge in [0.25, 0.3) is 0 Å². The Morgan fingerprint density at radius 2 is 2.04 bits per heavy atom. The standard InChI is InChI=1S/C21H21ClFNO2/c1-4-14(3)26-21-18(22)11-15(12-20(21)25-5-2)10-16(13-24)17-8-6-7-9-19(17)23/h6-12,14H,4-5H2,1-3H3/b16-10-/t14-/m0/s1. The van der Waals surface area contributed by atoms with Crippen molar-refractivity contribution in [1.29, 1.82) is 5.26 Å². The molecule has 0 aromatic heterocycles. The van der Waals surface area contributed by atoms with Crippen LogP contribution in [0.2, 0.25) is 5.02 Å². The maximum atomic E-state index is 14.0. The number of rotatable bonds is 7. The van der Waals surface area contributed by atoms with Crippen molar-refractivity contribution in [2.24, 2.45) is 0 Å². The van der Waals surface area contributed by atoms with Crippen LogP contribution in [0.5, 0.6) is 11.5 Å². The first-order valence-corrected chi connectivity index (χ1v) is 8.87. The van der Waals surface area contributed by atoms with Crippen molar-refractivity contribution >= 4 is 23.3 Å². The summed E-state index contributed by atoms with van der Waals surface area (Å²) < 4.78 is 25.5. The van der Waals surface area contributed by atoms with Crippen molar-refractivity contribution in [2.45, 2.75) is 33.3 Å². The van der Waals surface area contributed by atoms with Crippen LogP contribution in [-0.4, -0.2) is 12.7 Å². The molecule has 2 rings (SSSR count). The molecule has 2 aromatic rings. The second-order valence-corrected chi connectivity index (χ2v) is 6.16. The fourth-order valence-electron chi connectivity index (χ4n) is 2.35. The van der Waals surface area contributed by atoms with E-state index < -0.39 is 5.82 Å². The van der Waals surface area contributed by atoms with Crippen molar-refractivity contribution in [3.63, 3.8) is 0 Å². The van der Waals surface area contributed by atoms with E-state index in [1.54, 1.807) is 36.4 Å². The Morgan fingerprint density at radius 1 is 1.31 bits per heavy atom. The number of nitriles is 1. The second kappa shape index (κ2) is 9.26. The zero-order chi connectivity index (χ0) is 19.1. The highest BCUT2D eigenvalue weighted by Gasteiger charge is 2.15. The molecule has 0 bridgehead atoms. The summed E-state index contributed by atoms with van der Waals surface area (Å²) in [5.41, 5.74) is 1.08. The van der Waals surface area contributed by atoms with E-state index >= 15 is 0 Å². The molecule has 5 heteroatoms. The third kappa shape index (κ3) is 4.77. The first-order valence-electron chi connectivity index (χ1n) is 8.49. The van der Waals surface area contributed by atoms with Gasteiger partial charge in [-0.15, -0.1) is 0 Å².